The second-order valence-corrected chi connectivity index (χ2v) is 3.77. The molecule has 0 saturated carbocycles. The third-order valence-corrected chi connectivity index (χ3v) is 2.83. The van der Waals surface area contributed by atoms with E-state index >= 15 is 0 Å². The number of hydrogen-bond donors (Lipinski definition) is 6. The molecule has 0 spiro atoms. The Balaban J connectivity index is 4.81. The zero-order chi connectivity index (χ0) is 11.9. The minimum atomic E-state index is -1.69. The molecule has 0 amide bonds. The summed E-state index contributed by atoms with van der Waals surface area (Å²) in [5.74, 6) is 0. The molecule has 0 aromatic carbocycles. The second kappa shape index (κ2) is 6.37. The molecule has 6 nitrogen and oxygen atoms in total. The zero-order valence-electron chi connectivity index (χ0n) is 8.76. The molecule has 0 rings (SSSR count). The van der Waals surface area contributed by atoms with E-state index in [1.54, 1.807) is 0 Å². The van der Waals surface area contributed by atoms with E-state index in [2.05, 4.69) is 0 Å². The molecule has 0 aliphatic carbocycles. The van der Waals surface area contributed by atoms with Crippen molar-refractivity contribution < 1.29 is 25.5 Å². The van der Waals surface area contributed by atoms with Gasteiger partial charge in [-0.1, -0.05) is 0 Å². The molecule has 0 heterocycles. The Bertz CT molecular complexity index is 172. The molecule has 6 heteroatoms. The van der Waals surface area contributed by atoms with Crippen LogP contribution in [-0.4, -0.2) is 63.1 Å². The first kappa shape index (κ1) is 14.8. The molecule has 0 aromatic heterocycles. The van der Waals surface area contributed by atoms with Gasteiger partial charge in [0.25, 0.3) is 0 Å². The van der Waals surface area contributed by atoms with Gasteiger partial charge in [-0.3, -0.25) is 0 Å². The number of rotatable bonds is 8. The van der Waals surface area contributed by atoms with E-state index in [1.807, 2.05) is 0 Å². The van der Waals surface area contributed by atoms with E-state index in [0.29, 0.717) is 0 Å². The highest BCUT2D eigenvalue weighted by Crippen LogP contribution is 2.29. The summed E-state index contributed by atoms with van der Waals surface area (Å²) < 4.78 is 0. The lowest BCUT2D eigenvalue weighted by Gasteiger charge is -2.43. The van der Waals surface area contributed by atoms with Crippen LogP contribution >= 0.6 is 0 Å². The van der Waals surface area contributed by atoms with Crippen LogP contribution in [0.5, 0.6) is 0 Å². The van der Waals surface area contributed by atoms with Crippen LogP contribution in [0.15, 0.2) is 0 Å². The van der Waals surface area contributed by atoms with Crippen molar-refractivity contribution in [1.82, 2.24) is 0 Å². The van der Waals surface area contributed by atoms with Gasteiger partial charge in [-0.25, -0.2) is 0 Å². The topological polar surface area (TPSA) is 127 Å². The molecule has 0 aliphatic heterocycles. The molecule has 0 saturated heterocycles. The van der Waals surface area contributed by atoms with E-state index in [1.165, 1.54) is 0 Å². The van der Waals surface area contributed by atoms with Gasteiger partial charge >= 0.3 is 0 Å². The van der Waals surface area contributed by atoms with Crippen molar-refractivity contribution in [3.05, 3.63) is 0 Å². The fourth-order valence-electron chi connectivity index (χ4n) is 1.66. The minimum absolute atomic E-state index is 0.0462. The number of nitrogens with two attached hydrogens (primary N) is 1. The van der Waals surface area contributed by atoms with Crippen molar-refractivity contribution in [3.8, 4) is 0 Å². The lowest BCUT2D eigenvalue weighted by atomic mass is 9.74. The fourth-order valence-corrected chi connectivity index (χ4v) is 1.66. The standard InChI is InChI=1S/C9H21NO5/c10-8(1-4-11,2-5-12)9(15,7-14)3-6-13/h11-15H,1-7,10H2. The number of aliphatic hydroxyl groups excluding tert-OH is 4. The Morgan fingerprint density at radius 1 is 0.800 bits per heavy atom. The van der Waals surface area contributed by atoms with Gasteiger partial charge in [0.15, 0.2) is 0 Å². The van der Waals surface area contributed by atoms with Gasteiger partial charge in [0, 0.05) is 26.2 Å². The molecule has 0 bridgehead atoms. The summed E-state index contributed by atoms with van der Waals surface area (Å²) in [5, 5.41) is 45.6. The average molecular weight is 223 g/mol. The van der Waals surface area contributed by atoms with E-state index in [-0.39, 0.29) is 39.1 Å². The molecule has 1 atom stereocenters. The summed E-state index contributed by atoms with van der Waals surface area (Å²) in [4.78, 5) is 0. The first-order valence-electron chi connectivity index (χ1n) is 4.94. The highest BCUT2D eigenvalue weighted by Gasteiger charge is 2.45. The maximum absolute atomic E-state index is 10.0. The molecule has 15 heavy (non-hydrogen) atoms. The normalized spacial score (nSPS) is 16.4. The second-order valence-electron chi connectivity index (χ2n) is 3.77. The summed E-state index contributed by atoms with van der Waals surface area (Å²) in [5.41, 5.74) is 2.87. The van der Waals surface area contributed by atoms with Crippen LogP contribution in [0, 0.1) is 0 Å². The highest BCUT2D eigenvalue weighted by atomic mass is 16.3. The van der Waals surface area contributed by atoms with Crippen LogP contribution in [0.4, 0.5) is 0 Å². The van der Waals surface area contributed by atoms with Crippen molar-refractivity contribution in [2.24, 2.45) is 5.73 Å². The molecular formula is C9H21NO5. The number of hydrogen-bond acceptors (Lipinski definition) is 6. The van der Waals surface area contributed by atoms with Gasteiger partial charge in [0.1, 0.15) is 5.60 Å². The predicted molar refractivity (Wildman–Crippen MR) is 54.1 cm³/mol. The molecule has 1 unspecified atom stereocenters. The van der Waals surface area contributed by atoms with Crippen molar-refractivity contribution in [1.29, 1.82) is 0 Å². The Hall–Kier alpha value is -0.240. The van der Waals surface area contributed by atoms with Crippen LogP contribution in [0.2, 0.25) is 0 Å². The third kappa shape index (κ3) is 3.37. The Morgan fingerprint density at radius 3 is 1.47 bits per heavy atom. The fraction of sp³-hybridized carbons (Fsp3) is 1.00. The Morgan fingerprint density at radius 2 is 1.20 bits per heavy atom. The van der Waals surface area contributed by atoms with Crippen molar-refractivity contribution in [3.63, 3.8) is 0 Å². The smallest absolute Gasteiger partial charge is 0.108 e. The Labute approximate surface area is 89.0 Å². The monoisotopic (exact) mass is 223 g/mol. The lowest BCUT2D eigenvalue weighted by Crippen LogP contribution is -2.63. The summed E-state index contributed by atoms with van der Waals surface area (Å²) in [6.45, 7) is -1.47. The largest absolute Gasteiger partial charge is 0.396 e. The molecular weight excluding hydrogens is 202 g/mol. The zero-order valence-corrected chi connectivity index (χ0v) is 8.76. The molecule has 92 valence electrons. The summed E-state index contributed by atoms with van der Waals surface area (Å²) in [7, 11) is 0. The van der Waals surface area contributed by atoms with Gasteiger partial charge in [-0.15, -0.1) is 0 Å². The van der Waals surface area contributed by atoms with Crippen LogP contribution in [0.1, 0.15) is 19.3 Å². The maximum Gasteiger partial charge on any atom is 0.108 e. The van der Waals surface area contributed by atoms with Gasteiger partial charge in [-0.2, -0.15) is 0 Å². The van der Waals surface area contributed by atoms with E-state index in [4.69, 9.17) is 26.2 Å². The highest BCUT2D eigenvalue weighted by molar-refractivity contribution is 5.03. The van der Waals surface area contributed by atoms with E-state index in [9.17, 15) is 5.11 Å². The van der Waals surface area contributed by atoms with Gasteiger partial charge in [0.05, 0.1) is 12.1 Å². The van der Waals surface area contributed by atoms with Crippen molar-refractivity contribution in [2.75, 3.05) is 26.4 Å². The van der Waals surface area contributed by atoms with Crippen molar-refractivity contribution >= 4 is 0 Å². The molecule has 0 fully saturated rings. The summed E-state index contributed by atoms with van der Waals surface area (Å²) >= 11 is 0. The molecule has 0 aromatic rings. The third-order valence-electron chi connectivity index (χ3n) is 2.83. The number of aliphatic hydroxyl groups is 5. The van der Waals surface area contributed by atoms with E-state index < -0.39 is 17.7 Å². The first-order valence-corrected chi connectivity index (χ1v) is 4.94. The van der Waals surface area contributed by atoms with E-state index in [0.717, 1.165) is 0 Å². The van der Waals surface area contributed by atoms with Crippen molar-refractivity contribution in [2.45, 2.75) is 30.4 Å². The molecule has 7 N–H and O–H groups in total. The SMILES string of the molecule is NC(CCO)(CCO)C(O)(CO)CCO. The van der Waals surface area contributed by atoms with Gasteiger partial charge in [0.2, 0.25) is 0 Å². The van der Waals surface area contributed by atoms with Crippen LogP contribution in [0.25, 0.3) is 0 Å². The summed E-state index contributed by atoms with van der Waals surface area (Å²) in [6.07, 6.45) is -0.00472. The van der Waals surface area contributed by atoms with Crippen LogP contribution < -0.4 is 5.73 Å². The maximum atomic E-state index is 10.0. The molecule has 0 aliphatic rings. The van der Waals surface area contributed by atoms with Gasteiger partial charge < -0.3 is 31.3 Å². The quantitative estimate of drug-likeness (QED) is 0.271. The van der Waals surface area contributed by atoms with Crippen LogP contribution in [-0.2, 0) is 0 Å². The minimum Gasteiger partial charge on any atom is -0.396 e. The van der Waals surface area contributed by atoms with Crippen LogP contribution in [0.3, 0.4) is 0 Å². The van der Waals surface area contributed by atoms with Gasteiger partial charge in [-0.05, 0) is 12.8 Å². The Kier molecular flexibility index (Phi) is 6.26. The summed E-state index contributed by atoms with van der Waals surface area (Å²) in [6, 6.07) is 0. The first-order chi connectivity index (χ1) is 6.99. The lowest BCUT2D eigenvalue weighted by molar-refractivity contribution is -0.101. The average Bonchev–Trinajstić information content (AvgIpc) is 2.18. The predicted octanol–water partition coefficient (Wildman–Crippen LogP) is -2.45. The molecule has 0 radical (unpaired) electrons.